The predicted octanol–water partition coefficient (Wildman–Crippen LogP) is 5.95. The number of hydrogen-bond donors (Lipinski definition) is 4. The van der Waals surface area contributed by atoms with Gasteiger partial charge in [0.15, 0.2) is 0 Å². The molecule has 0 saturated carbocycles. The van der Waals surface area contributed by atoms with E-state index in [0.29, 0.717) is 24.6 Å². The Hall–Kier alpha value is -4.26. The Morgan fingerprint density at radius 3 is 1.54 bits per heavy atom. The van der Waals surface area contributed by atoms with Gasteiger partial charge in [-0.1, -0.05) is 66.7 Å². The lowest BCUT2D eigenvalue weighted by molar-refractivity contribution is 0.117. The summed E-state index contributed by atoms with van der Waals surface area (Å²) in [7, 11) is 0. The predicted molar refractivity (Wildman–Crippen MR) is 159 cm³/mol. The van der Waals surface area contributed by atoms with E-state index in [2.05, 4.69) is 23.6 Å². The first-order chi connectivity index (χ1) is 19.0. The summed E-state index contributed by atoms with van der Waals surface area (Å²) in [4.78, 5) is 0. The van der Waals surface area contributed by atoms with Crippen LogP contribution in [-0.2, 0) is 0 Å². The van der Waals surface area contributed by atoms with Gasteiger partial charge in [0.1, 0.15) is 36.9 Å². The Labute approximate surface area is 230 Å². The highest BCUT2D eigenvalue weighted by Gasteiger charge is 2.07. The van der Waals surface area contributed by atoms with Crippen molar-refractivity contribution in [2.45, 2.75) is 19.1 Å². The fraction of sp³-hybridized carbons (Fsp3) is 0.212. The number of para-hydroxylation sites is 2. The van der Waals surface area contributed by atoms with E-state index in [1.807, 2.05) is 109 Å². The van der Waals surface area contributed by atoms with Crippen LogP contribution >= 0.6 is 0 Å². The topological polar surface area (TPSA) is 83.0 Å². The van der Waals surface area contributed by atoms with E-state index in [4.69, 9.17) is 9.47 Å². The van der Waals surface area contributed by atoms with Crippen LogP contribution in [0.3, 0.4) is 0 Å². The summed E-state index contributed by atoms with van der Waals surface area (Å²) < 4.78 is 11.5. The number of hydrogen-bond acceptors (Lipinski definition) is 6. The lowest BCUT2D eigenvalue weighted by atomic mass is 10.0. The first-order valence-electron chi connectivity index (χ1n) is 13.1. The number of ether oxygens (including phenoxy) is 2. The molecule has 4 aromatic carbocycles. The molecule has 0 bridgehead atoms. The lowest BCUT2D eigenvalue weighted by Crippen LogP contribution is -2.26. The summed E-state index contributed by atoms with van der Waals surface area (Å²) >= 11 is 0. The number of rotatable bonds is 14. The molecule has 0 heterocycles. The zero-order chi connectivity index (χ0) is 27.3. The average molecular weight is 525 g/mol. The largest absolute Gasteiger partial charge is 0.491 e. The van der Waals surface area contributed by atoms with E-state index >= 15 is 0 Å². The number of allylic oxidation sites excluding steroid dienone is 1. The molecule has 0 amide bonds. The number of nitrogens with one attached hydrogen (secondary N) is 2. The van der Waals surface area contributed by atoms with E-state index in [1.54, 1.807) is 0 Å². The minimum Gasteiger partial charge on any atom is -0.491 e. The van der Waals surface area contributed by atoms with Crippen LogP contribution in [0.2, 0.25) is 0 Å². The van der Waals surface area contributed by atoms with E-state index < -0.39 is 12.2 Å². The van der Waals surface area contributed by atoms with Gasteiger partial charge in [0, 0.05) is 24.5 Å². The Bertz CT molecular complexity index is 1280. The maximum absolute atomic E-state index is 10.2. The van der Waals surface area contributed by atoms with Crippen molar-refractivity contribution < 1.29 is 19.7 Å². The van der Waals surface area contributed by atoms with Crippen LogP contribution in [-0.4, -0.2) is 48.7 Å². The molecule has 0 aliphatic carbocycles. The molecule has 6 heteroatoms. The Morgan fingerprint density at radius 2 is 1.08 bits per heavy atom. The first-order valence-corrected chi connectivity index (χ1v) is 13.1. The molecule has 0 saturated heterocycles. The molecule has 2 unspecified atom stereocenters. The van der Waals surface area contributed by atoms with Crippen LogP contribution in [0.1, 0.15) is 18.1 Å². The van der Waals surface area contributed by atoms with Gasteiger partial charge in [-0.25, -0.2) is 0 Å². The first kappa shape index (κ1) is 27.8. The summed E-state index contributed by atoms with van der Waals surface area (Å²) in [5.74, 6) is 1.43. The van der Waals surface area contributed by atoms with Gasteiger partial charge >= 0.3 is 0 Å². The Kier molecular flexibility index (Phi) is 10.4. The number of benzene rings is 4. The smallest absolute Gasteiger partial charge is 0.119 e. The Balaban J connectivity index is 1.20. The second-order valence-corrected chi connectivity index (χ2v) is 9.34. The molecule has 6 nitrogen and oxygen atoms in total. The van der Waals surface area contributed by atoms with Crippen molar-refractivity contribution in [3.8, 4) is 11.5 Å². The molecule has 0 aliphatic heterocycles. The van der Waals surface area contributed by atoms with Gasteiger partial charge in [0.05, 0.1) is 0 Å². The molecule has 0 radical (unpaired) electrons. The van der Waals surface area contributed by atoms with Crippen LogP contribution in [0.25, 0.3) is 11.6 Å². The van der Waals surface area contributed by atoms with E-state index in [9.17, 15) is 10.2 Å². The molecule has 0 fully saturated rings. The maximum Gasteiger partial charge on any atom is 0.119 e. The minimum absolute atomic E-state index is 0.211. The van der Waals surface area contributed by atoms with E-state index in [0.717, 1.165) is 28.1 Å². The fourth-order valence-electron chi connectivity index (χ4n) is 3.89. The summed E-state index contributed by atoms with van der Waals surface area (Å²) in [6.07, 6.45) is 0.873. The van der Waals surface area contributed by atoms with E-state index in [1.165, 1.54) is 0 Å². The number of aliphatic hydroxyl groups is 2. The fourth-order valence-corrected chi connectivity index (χ4v) is 3.89. The van der Waals surface area contributed by atoms with Crippen molar-refractivity contribution in [2.75, 3.05) is 36.9 Å². The third-order valence-corrected chi connectivity index (χ3v) is 6.09. The molecule has 4 rings (SSSR count). The van der Waals surface area contributed by atoms with Crippen molar-refractivity contribution in [3.63, 3.8) is 0 Å². The molecule has 202 valence electrons. The van der Waals surface area contributed by atoms with Gasteiger partial charge in [0.25, 0.3) is 0 Å². The monoisotopic (exact) mass is 524 g/mol. The molecule has 0 aromatic heterocycles. The second-order valence-electron chi connectivity index (χ2n) is 9.34. The standard InChI is InChI=1S/C33H36N2O4/c1-25(27-14-18-33(19-15-27)39-24-31(37)22-35-29-10-6-3-7-11-29)20-26-12-16-32(17-13-26)38-23-30(36)21-34-28-8-4-2-5-9-28/h2-20,30-31,34-37H,21-24H2,1H3/b25-20-. The summed E-state index contributed by atoms with van der Waals surface area (Å²) in [5.41, 5.74) is 5.19. The molecule has 0 aliphatic rings. The molecular formula is C33H36N2O4. The zero-order valence-corrected chi connectivity index (χ0v) is 22.2. The average Bonchev–Trinajstić information content (AvgIpc) is 2.99. The van der Waals surface area contributed by atoms with E-state index in [-0.39, 0.29) is 13.2 Å². The quantitative estimate of drug-likeness (QED) is 0.153. The van der Waals surface area contributed by atoms with Crippen LogP contribution in [0.4, 0.5) is 11.4 Å². The zero-order valence-electron chi connectivity index (χ0n) is 22.2. The third kappa shape index (κ3) is 9.52. The van der Waals surface area contributed by atoms with Crippen LogP contribution in [0.15, 0.2) is 109 Å². The van der Waals surface area contributed by atoms with Crippen LogP contribution < -0.4 is 20.1 Å². The molecule has 2 atom stereocenters. The highest BCUT2D eigenvalue weighted by Crippen LogP contribution is 2.22. The number of anilines is 2. The second kappa shape index (κ2) is 14.6. The number of aliphatic hydroxyl groups excluding tert-OH is 2. The van der Waals surface area contributed by atoms with Crippen LogP contribution in [0, 0.1) is 0 Å². The Morgan fingerprint density at radius 1 is 0.641 bits per heavy atom. The van der Waals surface area contributed by atoms with Crippen molar-refractivity contribution in [1.29, 1.82) is 0 Å². The SMILES string of the molecule is C/C(=C/c1ccc(OCC(O)CNc2ccccc2)cc1)c1ccc(OCC(O)CNc2ccccc2)cc1. The van der Waals surface area contributed by atoms with Gasteiger partial charge in [-0.15, -0.1) is 0 Å². The minimum atomic E-state index is -0.618. The van der Waals surface area contributed by atoms with Gasteiger partial charge in [-0.2, -0.15) is 0 Å². The summed E-state index contributed by atoms with van der Waals surface area (Å²) in [6, 6.07) is 35.2. The van der Waals surface area contributed by atoms with Crippen LogP contribution in [0.5, 0.6) is 11.5 Å². The molecular weight excluding hydrogens is 488 g/mol. The van der Waals surface area contributed by atoms with Crippen molar-refractivity contribution >= 4 is 23.0 Å². The normalized spacial score (nSPS) is 12.8. The summed E-state index contributed by atoms with van der Waals surface area (Å²) in [5, 5.41) is 26.8. The van der Waals surface area contributed by atoms with Gasteiger partial charge in [-0.3, -0.25) is 0 Å². The van der Waals surface area contributed by atoms with Crippen molar-refractivity contribution in [2.24, 2.45) is 0 Å². The van der Waals surface area contributed by atoms with Gasteiger partial charge in [-0.05, 0) is 72.2 Å². The molecule has 0 spiro atoms. The van der Waals surface area contributed by atoms with Crippen molar-refractivity contribution in [3.05, 3.63) is 120 Å². The summed E-state index contributed by atoms with van der Waals surface area (Å²) in [6.45, 7) is 3.32. The molecule has 4 aromatic rings. The van der Waals surface area contributed by atoms with Gasteiger partial charge < -0.3 is 30.3 Å². The molecule has 39 heavy (non-hydrogen) atoms. The van der Waals surface area contributed by atoms with Gasteiger partial charge in [0.2, 0.25) is 0 Å². The van der Waals surface area contributed by atoms with Crippen molar-refractivity contribution in [1.82, 2.24) is 0 Å². The molecule has 4 N–H and O–H groups in total. The highest BCUT2D eigenvalue weighted by molar-refractivity contribution is 5.80. The lowest BCUT2D eigenvalue weighted by Gasteiger charge is -2.14. The highest BCUT2D eigenvalue weighted by atomic mass is 16.5. The maximum atomic E-state index is 10.2. The third-order valence-electron chi connectivity index (χ3n) is 6.09.